The molecule has 0 saturated heterocycles. The molecule has 1 N–H and O–H groups in total. The van der Waals surface area contributed by atoms with Gasteiger partial charge in [0.25, 0.3) is 5.91 Å². The van der Waals surface area contributed by atoms with Gasteiger partial charge in [-0.05, 0) is 48.4 Å². The lowest BCUT2D eigenvalue weighted by Gasteiger charge is -2.05. The lowest BCUT2D eigenvalue weighted by Crippen LogP contribution is -2.13. The Bertz CT molecular complexity index is 758. The molecule has 0 radical (unpaired) electrons. The summed E-state index contributed by atoms with van der Waals surface area (Å²) in [7, 11) is 1.57. The van der Waals surface area contributed by atoms with Crippen molar-refractivity contribution in [3.8, 4) is 11.8 Å². The van der Waals surface area contributed by atoms with Gasteiger partial charge in [-0.2, -0.15) is 5.26 Å². The second-order valence-corrected chi connectivity index (χ2v) is 4.77. The van der Waals surface area contributed by atoms with Gasteiger partial charge < -0.3 is 10.1 Å². The number of carbonyl (C=O) groups excluding carboxylic acids is 1. The van der Waals surface area contributed by atoms with Gasteiger partial charge >= 0.3 is 0 Å². The van der Waals surface area contributed by atoms with Crippen molar-refractivity contribution in [3.05, 3.63) is 65.2 Å². The molecule has 0 unspecified atom stereocenters. The lowest BCUT2D eigenvalue weighted by atomic mass is 10.1. The number of amides is 1. The number of ether oxygens (including phenoxy) is 1. The van der Waals surface area contributed by atoms with E-state index in [-0.39, 0.29) is 5.57 Å². The number of nitriles is 1. The second-order valence-electron chi connectivity index (χ2n) is 4.77. The van der Waals surface area contributed by atoms with Crippen LogP contribution >= 0.6 is 0 Å². The van der Waals surface area contributed by atoms with Gasteiger partial charge in [-0.25, -0.2) is 0 Å². The van der Waals surface area contributed by atoms with Crippen molar-refractivity contribution in [1.82, 2.24) is 0 Å². The molecule has 22 heavy (non-hydrogen) atoms. The molecule has 0 aliphatic rings. The molecule has 0 aromatic heterocycles. The van der Waals surface area contributed by atoms with E-state index in [4.69, 9.17) is 4.74 Å². The summed E-state index contributed by atoms with van der Waals surface area (Å²) in [5.41, 5.74) is 2.47. The summed E-state index contributed by atoms with van der Waals surface area (Å²) < 4.78 is 5.13. The average molecular weight is 292 g/mol. The molecule has 2 rings (SSSR count). The number of hydrogen-bond donors (Lipinski definition) is 1. The summed E-state index contributed by atoms with van der Waals surface area (Å²) in [4.78, 5) is 12.2. The van der Waals surface area contributed by atoms with Crippen LogP contribution in [-0.2, 0) is 4.79 Å². The van der Waals surface area contributed by atoms with E-state index >= 15 is 0 Å². The molecular formula is C18H16N2O2. The molecule has 0 atom stereocenters. The minimum absolute atomic E-state index is 0.0368. The van der Waals surface area contributed by atoms with Crippen molar-refractivity contribution < 1.29 is 9.53 Å². The van der Waals surface area contributed by atoms with E-state index in [0.717, 1.165) is 11.1 Å². The topological polar surface area (TPSA) is 62.1 Å². The van der Waals surface area contributed by atoms with Crippen LogP contribution < -0.4 is 10.1 Å². The Morgan fingerprint density at radius 3 is 2.68 bits per heavy atom. The monoisotopic (exact) mass is 292 g/mol. The van der Waals surface area contributed by atoms with E-state index in [1.54, 1.807) is 37.4 Å². The number of rotatable bonds is 4. The molecule has 0 aliphatic heterocycles. The highest BCUT2D eigenvalue weighted by Gasteiger charge is 2.09. The maximum absolute atomic E-state index is 12.2. The molecule has 0 spiro atoms. The standard InChI is InChI=1S/C18H16N2O2/c1-13-5-3-7-16(9-13)20-18(21)15(12-19)10-14-6-4-8-17(11-14)22-2/h3-11H,1-2H3,(H,20,21)/b15-10-. The molecule has 2 aromatic rings. The minimum Gasteiger partial charge on any atom is -0.497 e. The van der Waals surface area contributed by atoms with Crippen LogP contribution in [0.4, 0.5) is 5.69 Å². The van der Waals surface area contributed by atoms with Crippen molar-refractivity contribution in [3.63, 3.8) is 0 Å². The fraction of sp³-hybridized carbons (Fsp3) is 0.111. The summed E-state index contributed by atoms with van der Waals surface area (Å²) in [6.45, 7) is 1.94. The van der Waals surface area contributed by atoms with Crippen molar-refractivity contribution in [2.24, 2.45) is 0 Å². The maximum atomic E-state index is 12.2. The molecule has 4 heteroatoms. The highest BCUT2D eigenvalue weighted by Crippen LogP contribution is 2.16. The third-order valence-corrected chi connectivity index (χ3v) is 3.05. The van der Waals surface area contributed by atoms with Gasteiger partial charge in [-0.3, -0.25) is 4.79 Å². The SMILES string of the molecule is COc1cccc(/C=C(/C#N)C(=O)Nc2cccc(C)c2)c1. The molecule has 0 saturated carbocycles. The Labute approximate surface area is 129 Å². The summed E-state index contributed by atoms with van der Waals surface area (Å²) in [5.74, 6) is 0.237. The third kappa shape index (κ3) is 3.97. The van der Waals surface area contributed by atoms with Gasteiger partial charge in [0.15, 0.2) is 0 Å². The number of methoxy groups -OCH3 is 1. The van der Waals surface area contributed by atoms with E-state index in [1.807, 2.05) is 31.2 Å². The van der Waals surface area contributed by atoms with Crippen LogP contribution in [0.3, 0.4) is 0 Å². The number of nitrogens with one attached hydrogen (secondary N) is 1. The summed E-state index contributed by atoms with van der Waals surface area (Å²) in [6, 6.07) is 16.5. The zero-order chi connectivity index (χ0) is 15.9. The fourth-order valence-electron chi connectivity index (χ4n) is 1.97. The molecular weight excluding hydrogens is 276 g/mol. The second kappa shape index (κ2) is 7.09. The van der Waals surface area contributed by atoms with Crippen LogP contribution in [0.1, 0.15) is 11.1 Å². The molecule has 2 aromatic carbocycles. The quantitative estimate of drug-likeness (QED) is 0.692. The first-order valence-corrected chi connectivity index (χ1v) is 6.76. The lowest BCUT2D eigenvalue weighted by molar-refractivity contribution is -0.112. The Balaban J connectivity index is 2.21. The summed E-state index contributed by atoms with van der Waals surface area (Å²) in [6.07, 6.45) is 1.54. The van der Waals surface area contributed by atoms with Gasteiger partial charge in [-0.1, -0.05) is 24.3 Å². The van der Waals surface area contributed by atoms with Crippen LogP contribution in [0.25, 0.3) is 6.08 Å². The van der Waals surface area contributed by atoms with Gasteiger partial charge in [0.2, 0.25) is 0 Å². The maximum Gasteiger partial charge on any atom is 0.266 e. The zero-order valence-electron chi connectivity index (χ0n) is 12.5. The summed E-state index contributed by atoms with van der Waals surface area (Å²) >= 11 is 0. The first-order chi connectivity index (χ1) is 10.6. The van der Waals surface area contributed by atoms with Gasteiger partial charge in [-0.15, -0.1) is 0 Å². The predicted octanol–water partition coefficient (Wildman–Crippen LogP) is 3.55. The van der Waals surface area contributed by atoms with E-state index in [9.17, 15) is 10.1 Å². The molecule has 0 bridgehead atoms. The highest BCUT2D eigenvalue weighted by atomic mass is 16.5. The Morgan fingerprint density at radius 1 is 1.23 bits per heavy atom. The number of benzene rings is 2. The number of hydrogen-bond acceptors (Lipinski definition) is 3. The highest BCUT2D eigenvalue weighted by molar-refractivity contribution is 6.09. The third-order valence-electron chi connectivity index (χ3n) is 3.05. The van der Waals surface area contributed by atoms with Crippen LogP contribution in [0.15, 0.2) is 54.1 Å². The minimum atomic E-state index is -0.434. The Hall–Kier alpha value is -3.06. The van der Waals surface area contributed by atoms with Crippen molar-refractivity contribution in [2.75, 3.05) is 12.4 Å². The van der Waals surface area contributed by atoms with Crippen LogP contribution in [0, 0.1) is 18.3 Å². The van der Waals surface area contributed by atoms with E-state index < -0.39 is 5.91 Å². The van der Waals surface area contributed by atoms with Gasteiger partial charge in [0, 0.05) is 5.69 Å². The van der Waals surface area contributed by atoms with Crippen molar-refractivity contribution >= 4 is 17.7 Å². The van der Waals surface area contributed by atoms with Crippen LogP contribution in [0.2, 0.25) is 0 Å². The fourth-order valence-corrected chi connectivity index (χ4v) is 1.97. The van der Waals surface area contributed by atoms with Crippen LogP contribution in [0.5, 0.6) is 5.75 Å². The molecule has 4 nitrogen and oxygen atoms in total. The Morgan fingerprint density at radius 2 is 2.00 bits per heavy atom. The Kier molecular flexibility index (Phi) is 4.94. The van der Waals surface area contributed by atoms with Gasteiger partial charge in [0.05, 0.1) is 7.11 Å². The summed E-state index contributed by atoms with van der Waals surface area (Å²) in [5, 5.41) is 11.9. The number of aryl methyl sites for hydroxylation is 1. The molecule has 0 aliphatic carbocycles. The van der Waals surface area contributed by atoms with E-state index in [2.05, 4.69) is 5.32 Å². The van der Waals surface area contributed by atoms with E-state index in [0.29, 0.717) is 11.4 Å². The number of carbonyl (C=O) groups is 1. The molecule has 0 heterocycles. The van der Waals surface area contributed by atoms with Crippen molar-refractivity contribution in [1.29, 1.82) is 5.26 Å². The number of nitrogens with zero attached hydrogens (tertiary/aromatic N) is 1. The molecule has 110 valence electrons. The first-order valence-electron chi connectivity index (χ1n) is 6.76. The normalized spacial score (nSPS) is 10.7. The largest absolute Gasteiger partial charge is 0.497 e. The first kappa shape index (κ1) is 15.3. The zero-order valence-corrected chi connectivity index (χ0v) is 12.5. The van der Waals surface area contributed by atoms with Crippen molar-refractivity contribution in [2.45, 2.75) is 6.92 Å². The van der Waals surface area contributed by atoms with Gasteiger partial charge in [0.1, 0.15) is 17.4 Å². The average Bonchev–Trinajstić information content (AvgIpc) is 2.52. The number of anilines is 1. The van der Waals surface area contributed by atoms with Crippen LogP contribution in [-0.4, -0.2) is 13.0 Å². The molecule has 1 amide bonds. The molecule has 0 fully saturated rings. The predicted molar refractivity (Wildman–Crippen MR) is 86.4 cm³/mol. The van der Waals surface area contributed by atoms with E-state index in [1.165, 1.54) is 6.08 Å². The smallest absolute Gasteiger partial charge is 0.266 e.